The molecule has 0 radical (unpaired) electrons. The average molecular weight is 556 g/mol. The molecule has 0 saturated carbocycles. The van der Waals surface area contributed by atoms with E-state index >= 15 is 0 Å². The molecule has 2 saturated heterocycles. The van der Waals surface area contributed by atoms with E-state index in [4.69, 9.17) is 4.74 Å². The first kappa shape index (κ1) is 26.9. The zero-order valence-corrected chi connectivity index (χ0v) is 23.9. The molecule has 1 amide bonds. The van der Waals surface area contributed by atoms with Crippen LogP contribution in [0.3, 0.4) is 0 Å². The molecule has 2 atom stereocenters. The lowest BCUT2D eigenvalue weighted by Gasteiger charge is -2.38. The number of fused-ring (bicyclic) bond motifs is 3. The van der Waals surface area contributed by atoms with Crippen molar-refractivity contribution in [3.05, 3.63) is 81.0 Å². The maximum absolute atomic E-state index is 13.2. The van der Waals surface area contributed by atoms with Gasteiger partial charge < -0.3 is 19.5 Å². The standard InChI is InChI=1S/C32H37N5O4/c1-4-14-34-27-17-25(33-30(27)31(39)35(15-5-2)32(34)40)23-10-12-24(13-11-23)41-20-29(38)37-19-22-16-28(37)36(18-22)26-9-7-6-8-21(26)3/h6-13,17,22,28,33H,4-5,14-16,18-20H2,1-3H3. The molecule has 6 rings (SSSR count). The van der Waals surface area contributed by atoms with Crippen LogP contribution in [-0.2, 0) is 17.9 Å². The van der Waals surface area contributed by atoms with Crippen molar-refractivity contribution >= 4 is 22.6 Å². The highest BCUT2D eigenvalue weighted by atomic mass is 16.5. The minimum absolute atomic E-state index is 0.00673. The van der Waals surface area contributed by atoms with Crippen molar-refractivity contribution in [2.45, 2.75) is 59.3 Å². The fourth-order valence-corrected chi connectivity index (χ4v) is 6.40. The molecule has 2 aliphatic rings. The van der Waals surface area contributed by atoms with Gasteiger partial charge in [0.25, 0.3) is 11.5 Å². The van der Waals surface area contributed by atoms with Crippen LogP contribution in [0.4, 0.5) is 5.69 Å². The molecule has 0 spiro atoms. The lowest BCUT2D eigenvalue weighted by molar-refractivity contribution is -0.134. The number of aryl methyl sites for hydroxylation is 2. The molecule has 4 aromatic rings. The largest absolute Gasteiger partial charge is 0.484 e. The zero-order valence-electron chi connectivity index (χ0n) is 23.9. The minimum atomic E-state index is -0.291. The number of aromatic nitrogens is 3. The molecule has 41 heavy (non-hydrogen) atoms. The summed E-state index contributed by atoms with van der Waals surface area (Å²) in [6, 6.07) is 17.7. The van der Waals surface area contributed by atoms with E-state index in [1.807, 2.05) is 55.1 Å². The van der Waals surface area contributed by atoms with Gasteiger partial charge in [0.05, 0.1) is 5.52 Å². The number of benzene rings is 2. The average Bonchev–Trinajstić information content (AvgIpc) is 3.72. The molecule has 2 bridgehead atoms. The van der Waals surface area contributed by atoms with Crippen molar-refractivity contribution in [2.24, 2.45) is 5.92 Å². The van der Waals surface area contributed by atoms with Crippen LogP contribution in [0, 0.1) is 12.8 Å². The number of aromatic amines is 1. The van der Waals surface area contributed by atoms with Crippen LogP contribution in [0.5, 0.6) is 5.75 Å². The van der Waals surface area contributed by atoms with Gasteiger partial charge in [0.1, 0.15) is 17.4 Å². The number of carbonyl (C=O) groups excluding carboxylic acids is 1. The van der Waals surface area contributed by atoms with Crippen molar-refractivity contribution in [1.82, 2.24) is 19.0 Å². The van der Waals surface area contributed by atoms with Crippen molar-refractivity contribution in [3.63, 3.8) is 0 Å². The molecule has 2 unspecified atom stereocenters. The van der Waals surface area contributed by atoms with Crippen LogP contribution < -0.4 is 20.9 Å². The first-order valence-corrected chi connectivity index (χ1v) is 14.6. The Morgan fingerprint density at radius 1 is 0.976 bits per heavy atom. The number of amides is 1. The summed E-state index contributed by atoms with van der Waals surface area (Å²) in [4.78, 5) is 46.8. The topological polar surface area (TPSA) is 92.6 Å². The van der Waals surface area contributed by atoms with Gasteiger partial charge in [0, 0.05) is 37.6 Å². The van der Waals surface area contributed by atoms with Gasteiger partial charge >= 0.3 is 5.69 Å². The molecule has 2 aliphatic heterocycles. The van der Waals surface area contributed by atoms with E-state index in [1.54, 1.807) is 4.57 Å². The van der Waals surface area contributed by atoms with Crippen LogP contribution in [0.15, 0.2) is 64.2 Å². The van der Waals surface area contributed by atoms with Crippen molar-refractivity contribution in [3.8, 4) is 17.0 Å². The second-order valence-corrected chi connectivity index (χ2v) is 11.2. The monoisotopic (exact) mass is 555 g/mol. The van der Waals surface area contributed by atoms with Crippen LogP contribution in [0.25, 0.3) is 22.3 Å². The zero-order chi connectivity index (χ0) is 28.7. The van der Waals surface area contributed by atoms with E-state index in [2.05, 4.69) is 35.0 Å². The van der Waals surface area contributed by atoms with E-state index in [1.165, 1.54) is 15.8 Å². The van der Waals surface area contributed by atoms with Gasteiger partial charge in [-0.2, -0.15) is 0 Å². The Kier molecular flexibility index (Phi) is 7.19. The molecule has 2 fully saturated rings. The van der Waals surface area contributed by atoms with Gasteiger partial charge in [-0.15, -0.1) is 0 Å². The SMILES string of the molecule is CCCn1c(=O)c2[nH]c(-c3ccc(OCC(=O)N4CC5CC4N(c4ccccc4C)C5)cc3)cc2n(CCC)c1=O. The number of H-pyrrole nitrogens is 1. The van der Waals surface area contributed by atoms with Gasteiger partial charge in [0.2, 0.25) is 0 Å². The Balaban J connectivity index is 1.16. The minimum Gasteiger partial charge on any atom is -0.484 e. The van der Waals surface area contributed by atoms with Gasteiger partial charge in [0.15, 0.2) is 6.61 Å². The predicted molar refractivity (Wildman–Crippen MR) is 160 cm³/mol. The van der Waals surface area contributed by atoms with Gasteiger partial charge in [-0.3, -0.25) is 18.7 Å². The summed E-state index contributed by atoms with van der Waals surface area (Å²) < 4.78 is 8.91. The van der Waals surface area contributed by atoms with Crippen molar-refractivity contribution in [1.29, 1.82) is 0 Å². The Morgan fingerprint density at radius 2 is 1.71 bits per heavy atom. The molecule has 0 aliphatic carbocycles. The van der Waals surface area contributed by atoms with Crippen molar-refractivity contribution in [2.75, 3.05) is 24.6 Å². The first-order chi connectivity index (χ1) is 19.9. The molecule has 1 N–H and O–H groups in total. The van der Waals surface area contributed by atoms with E-state index in [0.29, 0.717) is 42.2 Å². The van der Waals surface area contributed by atoms with Gasteiger partial charge in [-0.1, -0.05) is 32.0 Å². The summed E-state index contributed by atoms with van der Waals surface area (Å²) in [6.45, 7) is 8.75. The normalized spacial score (nSPS) is 18.0. The summed E-state index contributed by atoms with van der Waals surface area (Å²) in [7, 11) is 0. The summed E-state index contributed by atoms with van der Waals surface area (Å²) >= 11 is 0. The number of carbonyl (C=O) groups is 1. The number of para-hydroxylation sites is 1. The fourth-order valence-electron chi connectivity index (χ4n) is 6.40. The second-order valence-electron chi connectivity index (χ2n) is 11.2. The number of ether oxygens (including phenoxy) is 1. The summed E-state index contributed by atoms with van der Waals surface area (Å²) in [5.41, 5.74) is 4.53. The summed E-state index contributed by atoms with van der Waals surface area (Å²) in [5, 5.41) is 0. The van der Waals surface area contributed by atoms with Crippen LogP contribution in [0.1, 0.15) is 38.7 Å². The van der Waals surface area contributed by atoms with E-state index in [0.717, 1.165) is 37.2 Å². The third-order valence-corrected chi connectivity index (χ3v) is 8.35. The molecular formula is C32H37N5O4. The van der Waals surface area contributed by atoms with E-state index in [9.17, 15) is 14.4 Å². The first-order valence-electron chi connectivity index (χ1n) is 14.6. The van der Waals surface area contributed by atoms with Gasteiger partial charge in [-0.25, -0.2) is 4.79 Å². The molecule has 214 valence electrons. The number of anilines is 1. The second kappa shape index (κ2) is 11.0. The number of likely N-dealkylation sites (tertiary alicyclic amines) is 1. The Labute approximate surface area is 239 Å². The van der Waals surface area contributed by atoms with Crippen LogP contribution >= 0.6 is 0 Å². The van der Waals surface area contributed by atoms with Crippen LogP contribution in [-0.4, -0.2) is 50.8 Å². The lowest BCUT2D eigenvalue weighted by Crippen LogP contribution is -2.51. The molecule has 9 heteroatoms. The molecule has 2 aromatic carbocycles. The molecule has 4 heterocycles. The third-order valence-electron chi connectivity index (χ3n) is 8.35. The highest BCUT2D eigenvalue weighted by Crippen LogP contribution is 2.38. The Bertz CT molecular complexity index is 1700. The Hall–Kier alpha value is -4.27. The number of hydrogen-bond donors (Lipinski definition) is 1. The lowest BCUT2D eigenvalue weighted by atomic mass is 10.1. The highest BCUT2D eigenvalue weighted by molar-refractivity contribution is 5.82. The predicted octanol–water partition coefficient (Wildman–Crippen LogP) is 4.36. The number of nitrogens with one attached hydrogen (secondary N) is 1. The summed E-state index contributed by atoms with van der Waals surface area (Å²) in [6.07, 6.45) is 2.56. The smallest absolute Gasteiger partial charge is 0.331 e. The maximum atomic E-state index is 13.2. The summed E-state index contributed by atoms with van der Waals surface area (Å²) in [5.74, 6) is 1.08. The molecular weight excluding hydrogens is 518 g/mol. The third kappa shape index (κ3) is 4.83. The fraction of sp³-hybridized carbons (Fsp3) is 0.406. The van der Waals surface area contributed by atoms with Gasteiger partial charge in [-0.05, 0) is 79.6 Å². The number of rotatable bonds is 9. The van der Waals surface area contributed by atoms with Crippen molar-refractivity contribution < 1.29 is 9.53 Å². The Morgan fingerprint density at radius 3 is 2.41 bits per heavy atom. The number of nitrogens with zero attached hydrogens (tertiary/aromatic N) is 4. The van der Waals surface area contributed by atoms with E-state index < -0.39 is 0 Å². The van der Waals surface area contributed by atoms with Crippen LogP contribution in [0.2, 0.25) is 0 Å². The maximum Gasteiger partial charge on any atom is 0.331 e. The highest BCUT2D eigenvalue weighted by Gasteiger charge is 2.45. The molecule has 2 aromatic heterocycles. The van der Waals surface area contributed by atoms with E-state index in [-0.39, 0.29) is 29.9 Å². The quantitative estimate of drug-likeness (QED) is 0.331. The molecule has 9 nitrogen and oxygen atoms in total. The number of hydrogen-bond acceptors (Lipinski definition) is 5.